The Hall–Kier alpha value is -1.39. The fraction of sp³-hybridized carbons (Fsp3) is 0.812. The highest BCUT2D eigenvalue weighted by atomic mass is 16.2. The van der Waals surface area contributed by atoms with Crippen LogP contribution in [-0.2, 0) is 14.4 Å². The maximum absolute atomic E-state index is 12.5. The third-order valence-electron chi connectivity index (χ3n) is 4.37. The molecule has 0 spiro atoms. The number of nitrogens with zero attached hydrogens (tertiary/aromatic N) is 1. The first kappa shape index (κ1) is 17.7. The van der Waals surface area contributed by atoms with Crippen molar-refractivity contribution in [2.75, 3.05) is 6.54 Å². The third-order valence-corrected chi connectivity index (χ3v) is 4.37. The minimum atomic E-state index is -0.436. The van der Waals surface area contributed by atoms with Crippen molar-refractivity contribution in [3.63, 3.8) is 0 Å². The highest BCUT2D eigenvalue weighted by molar-refractivity contribution is 5.92. The van der Waals surface area contributed by atoms with Gasteiger partial charge in [-0.3, -0.25) is 14.4 Å². The number of hydrogen-bond acceptors (Lipinski definition) is 3. The van der Waals surface area contributed by atoms with E-state index < -0.39 is 12.1 Å². The second-order valence-corrected chi connectivity index (χ2v) is 6.39. The lowest BCUT2D eigenvalue weighted by Crippen LogP contribution is -2.50. The molecule has 1 fully saturated rings. The van der Waals surface area contributed by atoms with E-state index in [1.54, 1.807) is 4.90 Å². The van der Waals surface area contributed by atoms with Crippen LogP contribution in [0.5, 0.6) is 0 Å². The van der Waals surface area contributed by atoms with Gasteiger partial charge in [0.1, 0.15) is 6.04 Å². The lowest BCUT2D eigenvalue weighted by atomic mass is 9.93. The van der Waals surface area contributed by atoms with Gasteiger partial charge in [-0.15, -0.1) is 0 Å². The number of hydrogen-bond donors (Lipinski definition) is 1. The van der Waals surface area contributed by atoms with Crippen molar-refractivity contribution in [2.24, 2.45) is 11.8 Å². The van der Waals surface area contributed by atoms with Crippen molar-refractivity contribution >= 4 is 17.6 Å². The van der Waals surface area contributed by atoms with Gasteiger partial charge in [0, 0.05) is 13.5 Å². The van der Waals surface area contributed by atoms with Gasteiger partial charge in [0.05, 0.1) is 6.04 Å². The highest BCUT2D eigenvalue weighted by Gasteiger charge is 2.39. The van der Waals surface area contributed by atoms with E-state index in [1.807, 2.05) is 6.92 Å². The van der Waals surface area contributed by atoms with Gasteiger partial charge in [-0.05, 0) is 31.6 Å². The third kappa shape index (κ3) is 4.55. The van der Waals surface area contributed by atoms with Gasteiger partial charge >= 0.3 is 0 Å². The average Bonchev–Trinajstić information content (AvgIpc) is 2.83. The monoisotopic (exact) mass is 296 g/mol. The normalized spacial score (nSPS) is 23.2. The smallest absolute Gasteiger partial charge is 0.243 e. The number of likely N-dealkylation sites (tertiary alicyclic amines) is 1. The molecule has 2 unspecified atom stereocenters. The zero-order chi connectivity index (χ0) is 16.2. The molecule has 1 aliphatic heterocycles. The summed E-state index contributed by atoms with van der Waals surface area (Å²) in [5.74, 6) is 0.476. The summed E-state index contributed by atoms with van der Waals surface area (Å²) in [5, 5.41) is 2.82. The Bertz CT molecular complexity index is 406. The van der Waals surface area contributed by atoms with Crippen molar-refractivity contribution in [3.8, 4) is 0 Å². The molecule has 5 nitrogen and oxygen atoms in total. The zero-order valence-corrected chi connectivity index (χ0v) is 13.8. The Kier molecular flexibility index (Phi) is 6.37. The number of Topliss-reactive ketones (excluding diaryl/α,β-unsaturated/α-hetero) is 1. The molecule has 0 radical (unpaired) electrons. The second kappa shape index (κ2) is 7.57. The van der Waals surface area contributed by atoms with Gasteiger partial charge in [-0.25, -0.2) is 0 Å². The van der Waals surface area contributed by atoms with E-state index in [0.29, 0.717) is 31.2 Å². The Balaban J connectivity index is 2.78. The number of nitrogens with one attached hydrogen (secondary N) is 1. The van der Waals surface area contributed by atoms with E-state index in [-0.39, 0.29) is 17.6 Å². The van der Waals surface area contributed by atoms with Crippen LogP contribution in [0.25, 0.3) is 0 Å². The van der Waals surface area contributed by atoms with Crippen LogP contribution in [-0.4, -0.2) is 41.1 Å². The molecule has 5 heteroatoms. The fourth-order valence-electron chi connectivity index (χ4n) is 2.88. The Morgan fingerprint density at radius 3 is 2.29 bits per heavy atom. The van der Waals surface area contributed by atoms with Crippen LogP contribution >= 0.6 is 0 Å². The van der Waals surface area contributed by atoms with E-state index in [2.05, 4.69) is 19.2 Å². The van der Waals surface area contributed by atoms with Crippen molar-refractivity contribution in [1.29, 1.82) is 0 Å². The van der Waals surface area contributed by atoms with Crippen LogP contribution in [0.1, 0.15) is 53.9 Å². The summed E-state index contributed by atoms with van der Waals surface area (Å²) in [4.78, 5) is 37.4. The molecule has 0 aliphatic carbocycles. The van der Waals surface area contributed by atoms with E-state index in [0.717, 1.165) is 6.42 Å². The van der Waals surface area contributed by atoms with E-state index in [1.165, 1.54) is 13.8 Å². The molecule has 0 saturated carbocycles. The molecular weight excluding hydrogens is 268 g/mol. The van der Waals surface area contributed by atoms with Crippen LogP contribution in [0.4, 0.5) is 0 Å². The number of rotatable bonds is 6. The maximum Gasteiger partial charge on any atom is 0.243 e. The predicted octanol–water partition coefficient (Wildman–Crippen LogP) is 1.75. The summed E-state index contributed by atoms with van der Waals surface area (Å²) in [6.45, 7) is 9.82. The number of carbonyl (C=O) groups excluding carboxylic acids is 3. The van der Waals surface area contributed by atoms with Gasteiger partial charge in [-0.1, -0.05) is 27.2 Å². The molecule has 120 valence electrons. The summed E-state index contributed by atoms with van der Waals surface area (Å²) in [7, 11) is 0. The van der Waals surface area contributed by atoms with Gasteiger partial charge < -0.3 is 10.2 Å². The molecule has 0 aromatic carbocycles. The number of amides is 2. The molecule has 1 N–H and O–H groups in total. The van der Waals surface area contributed by atoms with Gasteiger partial charge in [0.25, 0.3) is 0 Å². The van der Waals surface area contributed by atoms with Crippen LogP contribution in [0.3, 0.4) is 0 Å². The van der Waals surface area contributed by atoms with Crippen LogP contribution < -0.4 is 5.32 Å². The van der Waals surface area contributed by atoms with Crippen LogP contribution in [0.2, 0.25) is 0 Å². The molecule has 3 atom stereocenters. The standard InChI is InChI=1S/C16H28N2O3/c1-6-7-14(11(4)19)17-16(21)15-8-13(10(2)3)9-18(15)12(5)20/h10,13-15H,6-9H2,1-5H3,(H,17,21)/t13-,14?,15?/m1/s1. The maximum atomic E-state index is 12.5. The first-order valence-corrected chi connectivity index (χ1v) is 7.85. The summed E-state index contributed by atoms with van der Waals surface area (Å²) in [6.07, 6.45) is 2.15. The molecule has 1 saturated heterocycles. The minimum Gasteiger partial charge on any atom is -0.345 e. The first-order valence-electron chi connectivity index (χ1n) is 7.85. The summed E-state index contributed by atoms with van der Waals surface area (Å²) in [6, 6.07) is -0.872. The molecule has 1 rings (SSSR count). The van der Waals surface area contributed by atoms with Crippen molar-refractivity contribution in [3.05, 3.63) is 0 Å². The van der Waals surface area contributed by atoms with Crippen LogP contribution in [0.15, 0.2) is 0 Å². The molecular formula is C16H28N2O3. The Labute approximate surface area is 127 Å². The molecule has 1 heterocycles. The first-order chi connectivity index (χ1) is 9.77. The quantitative estimate of drug-likeness (QED) is 0.812. The number of ketones is 1. The largest absolute Gasteiger partial charge is 0.345 e. The minimum absolute atomic E-state index is 0.0296. The molecule has 0 aromatic heterocycles. The topological polar surface area (TPSA) is 66.5 Å². The molecule has 0 aromatic rings. The van der Waals surface area contributed by atoms with E-state index in [4.69, 9.17) is 0 Å². The second-order valence-electron chi connectivity index (χ2n) is 6.39. The van der Waals surface area contributed by atoms with Crippen LogP contribution in [0, 0.1) is 11.8 Å². The SMILES string of the molecule is CCCC(NC(=O)C1C[C@@H](C(C)C)CN1C(C)=O)C(C)=O. The van der Waals surface area contributed by atoms with Crippen molar-refractivity contribution in [2.45, 2.75) is 66.0 Å². The van der Waals surface area contributed by atoms with Crippen molar-refractivity contribution < 1.29 is 14.4 Å². The summed E-state index contributed by atoms with van der Waals surface area (Å²) >= 11 is 0. The number of carbonyl (C=O) groups is 3. The molecule has 0 bridgehead atoms. The van der Waals surface area contributed by atoms with E-state index >= 15 is 0 Å². The fourth-order valence-corrected chi connectivity index (χ4v) is 2.88. The zero-order valence-electron chi connectivity index (χ0n) is 13.8. The summed E-state index contributed by atoms with van der Waals surface area (Å²) in [5.41, 5.74) is 0. The Morgan fingerprint density at radius 1 is 1.24 bits per heavy atom. The van der Waals surface area contributed by atoms with E-state index in [9.17, 15) is 14.4 Å². The van der Waals surface area contributed by atoms with Gasteiger partial charge in [0.2, 0.25) is 11.8 Å². The van der Waals surface area contributed by atoms with Crippen molar-refractivity contribution in [1.82, 2.24) is 10.2 Å². The molecule has 1 aliphatic rings. The lowest BCUT2D eigenvalue weighted by molar-refractivity contribution is -0.137. The Morgan fingerprint density at radius 2 is 1.86 bits per heavy atom. The van der Waals surface area contributed by atoms with Gasteiger partial charge in [0.15, 0.2) is 5.78 Å². The molecule has 21 heavy (non-hydrogen) atoms. The summed E-state index contributed by atoms with van der Waals surface area (Å²) < 4.78 is 0. The van der Waals surface area contributed by atoms with Gasteiger partial charge in [-0.2, -0.15) is 0 Å². The highest BCUT2D eigenvalue weighted by Crippen LogP contribution is 2.29. The average molecular weight is 296 g/mol. The molecule has 2 amide bonds. The predicted molar refractivity (Wildman–Crippen MR) is 81.6 cm³/mol. The lowest BCUT2D eigenvalue weighted by Gasteiger charge is -2.24.